The van der Waals surface area contributed by atoms with Crippen LogP contribution in [0.1, 0.15) is 71.6 Å². The van der Waals surface area contributed by atoms with E-state index in [9.17, 15) is 18.6 Å². The molecular formula is C21H33N3O4S. The van der Waals surface area contributed by atoms with Crippen molar-refractivity contribution in [2.75, 3.05) is 6.54 Å². The van der Waals surface area contributed by atoms with E-state index >= 15 is 0 Å². The quantitative estimate of drug-likeness (QED) is 0.302. The molecule has 1 aliphatic heterocycles. The topological polar surface area (TPSA) is 95.6 Å². The van der Waals surface area contributed by atoms with Crippen LogP contribution in [0.15, 0.2) is 12.2 Å². The molecule has 0 aromatic carbocycles. The summed E-state index contributed by atoms with van der Waals surface area (Å²) < 4.78 is 14.8. The highest BCUT2D eigenvalue weighted by Gasteiger charge is 2.61. The first-order valence-corrected chi connectivity index (χ1v) is 11.9. The predicted molar refractivity (Wildman–Crippen MR) is 112 cm³/mol. The molecule has 8 heteroatoms. The fraction of sp³-hybridized carbons (Fsp3) is 0.762. The van der Waals surface area contributed by atoms with Gasteiger partial charge in [-0.2, -0.15) is 0 Å². The van der Waals surface area contributed by atoms with Crippen molar-refractivity contribution in [2.24, 2.45) is 5.92 Å². The zero-order valence-electron chi connectivity index (χ0n) is 17.4. The van der Waals surface area contributed by atoms with Gasteiger partial charge in [-0.25, -0.2) is 4.21 Å². The molecule has 3 amide bonds. The molecule has 29 heavy (non-hydrogen) atoms. The Bertz CT molecular complexity index is 706. The van der Waals surface area contributed by atoms with Gasteiger partial charge in [-0.3, -0.25) is 19.1 Å². The maximum absolute atomic E-state index is 13.0. The first kappa shape index (κ1) is 22.0. The van der Waals surface area contributed by atoms with Crippen LogP contribution in [0.2, 0.25) is 0 Å². The smallest absolute Gasteiger partial charge is 0.258 e. The minimum Gasteiger partial charge on any atom is -0.339 e. The minimum absolute atomic E-state index is 0.108. The number of nitrogens with one attached hydrogen (secondary N) is 2. The Balaban J connectivity index is 1.67. The Kier molecular flexibility index (Phi) is 6.81. The number of amides is 3. The second-order valence-corrected chi connectivity index (χ2v) is 10.6. The zero-order valence-corrected chi connectivity index (χ0v) is 18.3. The second kappa shape index (κ2) is 8.98. The second-order valence-electron chi connectivity index (χ2n) is 8.85. The standard InChI is InChI=1S/C21H33N3O4S/c1-3-4-5-6-7-9-16-14-21(16,19(27)23-29(28)20(2)11-12-20)22-18(26)17-10-8-13-24(17)15-25/h7,9,15-17H,3-6,8,10-14H2,1-2H3,(H,22,26)(H,23,27)/b9-7-/t16?,17?,21-,29?/m1/s1. The summed E-state index contributed by atoms with van der Waals surface area (Å²) in [5, 5.41) is 2.92. The molecule has 0 spiro atoms. The molecule has 1 heterocycles. The van der Waals surface area contributed by atoms with Gasteiger partial charge in [0.2, 0.25) is 12.3 Å². The third-order valence-electron chi connectivity index (χ3n) is 6.43. The number of carbonyl (C=O) groups is 3. The summed E-state index contributed by atoms with van der Waals surface area (Å²) in [6.45, 7) is 4.61. The molecule has 3 fully saturated rings. The molecule has 4 atom stereocenters. The highest BCUT2D eigenvalue weighted by Crippen LogP contribution is 2.46. The van der Waals surface area contributed by atoms with E-state index < -0.39 is 22.6 Å². The highest BCUT2D eigenvalue weighted by molar-refractivity contribution is 7.85. The first-order chi connectivity index (χ1) is 13.9. The highest BCUT2D eigenvalue weighted by atomic mass is 32.2. The zero-order chi connectivity index (χ0) is 21.1. The maximum atomic E-state index is 13.0. The molecule has 3 unspecified atom stereocenters. The van der Waals surface area contributed by atoms with Crippen molar-refractivity contribution in [1.82, 2.24) is 14.9 Å². The number of hydrogen-bond acceptors (Lipinski definition) is 4. The van der Waals surface area contributed by atoms with Crippen molar-refractivity contribution < 1.29 is 18.6 Å². The lowest BCUT2D eigenvalue weighted by Crippen LogP contribution is -2.55. The summed E-state index contributed by atoms with van der Waals surface area (Å²) >= 11 is 0. The summed E-state index contributed by atoms with van der Waals surface area (Å²) in [5.74, 6) is -0.783. The predicted octanol–water partition coefficient (Wildman–Crippen LogP) is 1.95. The number of rotatable bonds is 11. The molecule has 2 N–H and O–H groups in total. The van der Waals surface area contributed by atoms with Crippen molar-refractivity contribution in [3.05, 3.63) is 12.2 Å². The van der Waals surface area contributed by atoms with E-state index in [1.54, 1.807) is 0 Å². The van der Waals surface area contributed by atoms with Crippen molar-refractivity contribution >= 4 is 29.2 Å². The molecule has 3 rings (SSSR count). The van der Waals surface area contributed by atoms with E-state index in [4.69, 9.17) is 0 Å². The monoisotopic (exact) mass is 423 g/mol. The lowest BCUT2D eigenvalue weighted by atomic mass is 10.1. The van der Waals surface area contributed by atoms with Crippen LogP contribution in [-0.4, -0.2) is 50.2 Å². The fourth-order valence-electron chi connectivity index (χ4n) is 3.91. The van der Waals surface area contributed by atoms with Crippen LogP contribution in [0, 0.1) is 5.92 Å². The van der Waals surface area contributed by atoms with Gasteiger partial charge in [0.15, 0.2) is 0 Å². The molecule has 162 valence electrons. The molecular weight excluding hydrogens is 390 g/mol. The van der Waals surface area contributed by atoms with E-state index in [0.29, 0.717) is 25.8 Å². The lowest BCUT2D eigenvalue weighted by molar-refractivity contribution is -0.134. The van der Waals surface area contributed by atoms with Gasteiger partial charge in [0.1, 0.15) is 22.6 Å². The Morgan fingerprint density at radius 2 is 2.03 bits per heavy atom. The van der Waals surface area contributed by atoms with Crippen molar-refractivity contribution in [3.8, 4) is 0 Å². The number of likely N-dealkylation sites (tertiary alicyclic amines) is 1. The molecule has 2 saturated carbocycles. The summed E-state index contributed by atoms with van der Waals surface area (Å²) in [7, 11) is -1.45. The van der Waals surface area contributed by atoms with Crippen LogP contribution >= 0.6 is 0 Å². The molecule has 0 aromatic rings. The van der Waals surface area contributed by atoms with E-state index in [1.165, 1.54) is 4.90 Å². The van der Waals surface area contributed by atoms with Crippen LogP contribution < -0.4 is 10.0 Å². The Morgan fingerprint density at radius 3 is 2.69 bits per heavy atom. The number of allylic oxidation sites excluding steroid dienone is 1. The molecule has 7 nitrogen and oxygen atoms in total. The number of nitrogens with zero attached hydrogens (tertiary/aromatic N) is 1. The van der Waals surface area contributed by atoms with Gasteiger partial charge in [0.25, 0.3) is 5.91 Å². The third-order valence-corrected chi connectivity index (χ3v) is 8.10. The van der Waals surface area contributed by atoms with Crippen LogP contribution in [0.3, 0.4) is 0 Å². The summed E-state index contributed by atoms with van der Waals surface area (Å²) in [5.41, 5.74) is -1.06. The van der Waals surface area contributed by atoms with Gasteiger partial charge in [-0.05, 0) is 51.9 Å². The number of carbonyl (C=O) groups excluding carboxylic acids is 3. The van der Waals surface area contributed by atoms with Crippen LogP contribution in [0.4, 0.5) is 0 Å². The molecule has 0 aromatic heterocycles. The normalized spacial score (nSPS) is 30.8. The van der Waals surface area contributed by atoms with Gasteiger partial charge in [-0.1, -0.05) is 31.9 Å². The Morgan fingerprint density at radius 1 is 1.28 bits per heavy atom. The summed E-state index contributed by atoms with van der Waals surface area (Å²) in [4.78, 5) is 38.6. The van der Waals surface area contributed by atoms with E-state index in [-0.39, 0.29) is 22.5 Å². The molecule has 0 bridgehead atoms. The maximum Gasteiger partial charge on any atom is 0.258 e. The first-order valence-electron chi connectivity index (χ1n) is 10.8. The number of hydrogen-bond donors (Lipinski definition) is 2. The molecule has 3 aliphatic rings. The lowest BCUT2D eigenvalue weighted by Gasteiger charge is -2.24. The summed E-state index contributed by atoms with van der Waals surface area (Å²) in [6.07, 6.45) is 12.7. The number of unbranched alkanes of at least 4 members (excludes halogenated alkanes) is 3. The average Bonchev–Trinajstić information content (AvgIpc) is 3.55. The van der Waals surface area contributed by atoms with Crippen molar-refractivity contribution in [1.29, 1.82) is 0 Å². The molecule has 2 aliphatic carbocycles. The van der Waals surface area contributed by atoms with Gasteiger partial charge in [0.05, 0.1) is 4.75 Å². The van der Waals surface area contributed by atoms with Gasteiger partial charge in [-0.15, -0.1) is 0 Å². The van der Waals surface area contributed by atoms with Crippen molar-refractivity contribution in [2.45, 2.75) is 88.0 Å². The van der Waals surface area contributed by atoms with Crippen LogP contribution in [0.25, 0.3) is 0 Å². The average molecular weight is 424 g/mol. The Labute approximate surface area is 175 Å². The Hall–Kier alpha value is -1.70. The summed E-state index contributed by atoms with van der Waals surface area (Å²) in [6, 6.07) is -0.529. The fourth-order valence-corrected chi connectivity index (χ4v) is 4.98. The van der Waals surface area contributed by atoms with Crippen LogP contribution in [0.5, 0.6) is 0 Å². The molecule has 0 radical (unpaired) electrons. The minimum atomic E-state index is -1.45. The molecule has 1 saturated heterocycles. The van der Waals surface area contributed by atoms with Gasteiger partial charge < -0.3 is 10.2 Å². The third kappa shape index (κ3) is 4.90. The largest absolute Gasteiger partial charge is 0.339 e. The SMILES string of the molecule is CCCCC/C=C\C1C[C@]1(NC(=O)C1CCCN1C=O)C(=O)NS(=O)C1(C)CC1. The van der Waals surface area contributed by atoms with E-state index in [2.05, 4.69) is 23.0 Å². The van der Waals surface area contributed by atoms with Crippen LogP contribution in [-0.2, 0) is 25.4 Å². The van der Waals surface area contributed by atoms with Gasteiger partial charge >= 0.3 is 0 Å². The van der Waals surface area contributed by atoms with E-state index in [0.717, 1.165) is 44.9 Å². The van der Waals surface area contributed by atoms with Crippen molar-refractivity contribution in [3.63, 3.8) is 0 Å². The van der Waals surface area contributed by atoms with Gasteiger partial charge in [0, 0.05) is 12.5 Å². The van der Waals surface area contributed by atoms with E-state index in [1.807, 2.05) is 13.0 Å².